The third kappa shape index (κ3) is 6.92. The van der Waals surface area contributed by atoms with Crippen LogP contribution in [-0.2, 0) is 17.5 Å². The fourth-order valence-electron chi connectivity index (χ4n) is 5.82. The normalized spacial score (nSPS) is 18.9. The number of nitrogens with one attached hydrogen (secondary N) is 1. The molecule has 5 heterocycles. The summed E-state index contributed by atoms with van der Waals surface area (Å²) < 4.78 is 49.5. The minimum atomic E-state index is -4.55. The highest BCUT2D eigenvalue weighted by molar-refractivity contribution is 5.88. The number of rotatable bonds is 7. The van der Waals surface area contributed by atoms with Crippen molar-refractivity contribution >= 4 is 35.1 Å². The van der Waals surface area contributed by atoms with E-state index in [1.807, 2.05) is 0 Å². The highest BCUT2D eigenvalue weighted by Crippen LogP contribution is 2.42. The number of hydrogen-bond acceptors (Lipinski definition) is 8. The molecule has 47 heavy (non-hydrogen) atoms. The van der Waals surface area contributed by atoms with E-state index >= 15 is 0 Å². The largest absolute Gasteiger partial charge is 0.465 e. The lowest BCUT2D eigenvalue weighted by Crippen LogP contribution is -2.47. The van der Waals surface area contributed by atoms with E-state index in [2.05, 4.69) is 15.4 Å². The number of β-amino-alcohol motifs (C(OH)–C–C–N with tert-alkyl or cyclic N) is 1. The number of anilines is 2. The molecule has 3 N–H and O–H groups in total. The minimum absolute atomic E-state index is 0.00319. The number of nitrogens with zero attached hydrogens (tertiary/aromatic N) is 7. The Bertz CT molecular complexity index is 1830. The number of piperidine rings is 1. The summed E-state index contributed by atoms with van der Waals surface area (Å²) in [6.45, 7) is 7.17. The first-order chi connectivity index (χ1) is 22.1. The summed E-state index contributed by atoms with van der Waals surface area (Å²) in [7, 11) is 0. The number of aromatic nitrogens is 5. The number of carboxylic acid groups (broad SMARTS) is 1. The number of halogens is 3. The van der Waals surface area contributed by atoms with E-state index in [1.165, 1.54) is 14.2 Å². The van der Waals surface area contributed by atoms with Crippen LogP contribution in [0.25, 0.3) is 11.3 Å². The van der Waals surface area contributed by atoms with Crippen LogP contribution in [0.15, 0.2) is 30.6 Å². The Hall–Kier alpha value is -4.60. The van der Waals surface area contributed by atoms with Gasteiger partial charge >= 0.3 is 18.4 Å². The Morgan fingerprint density at radius 1 is 1.13 bits per heavy atom. The average Bonchev–Trinajstić information content (AvgIpc) is 3.58. The van der Waals surface area contributed by atoms with E-state index in [0.717, 1.165) is 30.5 Å². The van der Waals surface area contributed by atoms with Gasteiger partial charge in [0.05, 0.1) is 36.6 Å². The van der Waals surface area contributed by atoms with E-state index in [1.54, 1.807) is 50.7 Å². The topological polar surface area (TPSA) is 150 Å². The molecule has 1 aliphatic carbocycles. The fraction of sp³-hybridized carbons (Fsp3) is 0.516. The fourth-order valence-corrected chi connectivity index (χ4v) is 5.82. The lowest BCUT2D eigenvalue weighted by Gasteiger charge is -2.34. The molecule has 0 radical (unpaired) electrons. The number of carbonyl (C=O) groups is 2. The second-order valence-electron chi connectivity index (χ2n) is 13.2. The first kappa shape index (κ1) is 32.3. The van der Waals surface area contributed by atoms with Gasteiger partial charge in [0, 0.05) is 42.5 Å². The van der Waals surface area contributed by atoms with Crippen LogP contribution in [0.5, 0.6) is 0 Å². The number of fused-ring (bicyclic) bond motifs is 2. The molecule has 4 aromatic heterocycles. The SMILES string of the molecule is Cc1cc(C(F)(F)F)cc2nc(CN(C(=O)OC(C)(C)C)c3cc(NC[C@H]4CCN(C(=O)O)C[C@@H]4O)nc4c(C5CC5)cnn34)cn12. The quantitative estimate of drug-likeness (QED) is 0.241. The van der Waals surface area contributed by atoms with Crippen LogP contribution in [0.4, 0.5) is 34.4 Å². The molecule has 0 bridgehead atoms. The predicted molar refractivity (Wildman–Crippen MR) is 165 cm³/mol. The summed E-state index contributed by atoms with van der Waals surface area (Å²) in [5.74, 6) is 0.718. The van der Waals surface area contributed by atoms with Crippen LogP contribution in [0.1, 0.15) is 68.5 Å². The maximum atomic E-state index is 13.8. The summed E-state index contributed by atoms with van der Waals surface area (Å²) in [5, 5.41) is 27.8. The zero-order valence-corrected chi connectivity index (χ0v) is 26.5. The summed E-state index contributed by atoms with van der Waals surface area (Å²) in [5.41, 5.74) is 0.483. The van der Waals surface area contributed by atoms with Gasteiger partial charge in [0.15, 0.2) is 5.65 Å². The van der Waals surface area contributed by atoms with Crippen molar-refractivity contribution in [3.63, 3.8) is 0 Å². The number of amides is 2. The number of imidazole rings is 1. The molecule has 2 amide bonds. The molecule has 1 aliphatic heterocycles. The van der Waals surface area contributed by atoms with Gasteiger partial charge in [0.1, 0.15) is 22.9 Å². The Morgan fingerprint density at radius 3 is 2.51 bits per heavy atom. The van der Waals surface area contributed by atoms with Gasteiger partial charge in [-0.1, -0.05) is 0 Å². The van der Waals surface area contributed by atoms with Gasteiger partial charge in [-0.2, -0.15) is 22.8 Å². The molecule has 16 heteroatoms. The van der Waals surface area contributed by atoms with Crippen LogP contribution in [-0.4, -0.2) is 82.6 Å². The van der Waals surface area contributed by atoms with Crippen LogP contribution in [0.2, 0.25) is 0 Å². The van der Waals surface area contributed by atoms with Crippen molar-refractivity contribution in [3.05, 3.63) is 53.1 Å². The molecular weight excluding hydrogens is 621 g/mol. The number of aliphatic hydroxyl groups is 1. The zero-order valence-electron chi connectivity index (χ0n) is 26.5. The lowest BCUT2D eigenvalue weighted by molar-refractivity contribution is -0.137. The molecule has 0 aromatic carbocycles. The summed E-state index contributed by atoms with van der Waals surface area (Å²) in [6, 6.07) is 3.63. The molecule has 6 rings (SSSR count). The molecule has 2 fully saturated rings. The smallest absolute Gasteiger partial charge is 0.416 e. The van der Waals surface area contributed by atoms with E-state index < -0.39 is 35.6 Å². The minimum Gasteiger partial charge on any atom is -0.465 e. The van der Waals surface area contributed by atoms with Crippen LogP contribution in [0, 0.1) is 12.8 Å². The number of pyridine rings is 1. The van der Waals surface area contributed by atoms with E-state index in [4.69, 9.17) is 9.72 Å². The van der Waals surface area contributed by atoms with Crippen molar-refractivity contribution in [1.29, 1.82) is 0 Å². The van der Waals surface area contributed by atoms with Crippen molar-refractivity contribution in [2.45, 2.75) is 77.3 Å². The Morgan fingerprint density at radius 2 is 1.87 bits per heavy atom. The summed E-state index contributed by atoms with van der Waals surface area (Å²) in [4.78, 5) is 36.9. The number of ether oxygens (including phenoxy) is 1. The van der Waals surface area contributed by atoms with Crippen LogP contribution < -0.4 is 10.2 Å². The molecule has 0 unspecified atom stereocenters. The Labute approximate surface area is 268 Å². The molecule has 4 aromatic rings. The number of alkyl halides is 3. The third-order valence-corrected chi connectivity index (χ3v) is 8.38. The zero-order chi connectivity index (χ0) is 33.8. The van der Waals surface area contributed by atoms with E-state index in [-0.39, 0.29) is 30.6 Å². The predicted octanol–water partition coefficient (Wildman–Crippen LogP) is 5.30. The maximum Gasteiger partial charge on any atom is 0.416 e. The molecular formula is C31H37F3N8O5. The van der Waals surface area contributed by atoms with Crippen molar-refractivity contribution in [1.82, 2.24) is 28.9 Å². The number of aliphatic hydroxyl groups excluding tert-OH is 1. The van der Waals surface area contributed by atoms with Crippen molar-refractivity contribution in [2.75, 3.05) is 29.9 Å². The lowest BCUT2D eigenvalue weighted by atomic mass is 9.94. The first-order valence-corrected chi connectivity index (χ1v) is 15.4. The van der Waals surface area contributed by atoms with Gasteiger partial charge in [-0.3, -0.25) is 4.90 Å². The highest BCUT2D eigenvalue weighted by atomic mass is 19.4. The second kappa shape index (κ2) is 11.9. The van der Waals surface area contributed by atoms with Gasteiger partial charge in [-0.15, -0.1) is 0 Å². The van der Waals surface area contributed by atoms with Crippen LogP contribution in [0.3, 0.4) is 0 Å². The van der Waals surface area contributed by atoms with Crippen molar-refractivity contribution < 1.29 is 37.7 Å². The number of likely N-dealkylation sites (tertiary alicyclic amines) is 1. The molecule has 2 atom stereocenters. The molecule has 1 saturated carbocycles. The monoisotopic (exact) mass is 658 g/mol. The number of aryl methyl sites for hydroxylation is 1. The molecule has 1 saturated heterocycles. The van der Waals surface area contributed by atoms with E-state index in [9.17, 15) is 33.0 Å². The molecule has 13 nitrogen and oxygen atoms in total. The summed E-state index contributed by atoms with van der Waals surface area (Å²) in [6.07, 6.45) is -1.52. The molecule has 0 spiro atoms. The second-order valence-corrected chi connectivity index (χ2v) is 13.2. The first-order valence-electron chi connectivity index (χ1n) is 15.4. The average molecular weight is 659 g/mol. The van der Waals surface area contributed by atoms with Gasteiger partial charge < -0.3 is 29.6 Å². The summed E-state index contributed by atoms with van der Waals surface area (Å²) >= 11 is 0. The van der Waals surface area contributed by atoms with Crippen molar-refractivity contribution in [2.24, 2.45) is 5.92 Å². The van der Waals surface area contributed by atoms with Gasteiger partial charge in [-0.05, 0) is 65.0 Å². The standard InChI is InChI=1S/C31H37F3N8O5/c1-17-9-20(31(32,33)34)10-25-37-21(14-40(17)25)15-41(29(46)47-30(2,3)4)26-11-24(38-27-22(18-5-6-18)13-36-42(26)27)35-12-19-7-8-39(28(44)45)16-23(19)43/h9-11,13-14,18-19,23,43H,5-8,12,15-16H2,1-4H3,(H,35,38)(H,44,45)/t19-,23+/m1/s1. The highest BCUT2D eigenvalue weighted by Gasteiger charge is 2.34. The van der Waals surface area contributed by atoms with E-state index in [0.29, 0.717) is 48.2 Å². The Balaban J connectivity index is 1.38. The number of hydrogen-bond donors (Lipinski definition) is 3. The molecule has 252 valence electrons. The van der Waals surface area contributed by atoms with Crippen LogP contribution >= 0.6 is 0 Å². The van der Waals surface area contributed by atoms with Gasteiger partial charge in [-0.25, -0.2) is 19.6 Å². The van der Waals surface area contributed by atoms with Crippen molar-refractivity contribution in [3.8, 4) is 0 Å². The van der Waals surface area contributed by atoms with Gasteiger partial charge in [0.25, 0.3) is 0 Å². The Kier molecular flexibility index (Phi) is 8.18. The van der Waals surface area contributed by atoms with Gasteiger partial charge in [0.2, 0.25) is 0 Å². The molecule has 2 aliphatic rings. The number of carbonyl (C=O) groups excluding carboxylic acids is 1. The third-order valence-electron chi connectivity index (χ3n) is 8.38. The maximum absolute atomic E-state index is 13.8.